The van der Waals surface area contributed by atoms with E-state index in [0.717, 1.165) is 38.6 Å². The Hall–Kier alpha value is -1.01. The van der Waals surface area contributed by atoms with Gasteiger partial charge in [0.25, 0.3) is 5.91 Å². The molecule has 100 valence electrons. The second-order valence-electron chi connectivity index (χ2n) is 4.86. The minimum absolute atomic E-state index is 0.0195. The van der Waals surface area contributed by atoms with E-state index < -0.39 is 0 Å². The molecule has 1 saturated carbocycles. The molecular formula is C12H20N4OS. The Morgan fingerprint density at radius 2 is 2.22 bits per heavy atom. The number of hydrogen-bond acceptors (Lipinski definition) is 5. The summed E-state index contributed by atoms with van der Waals surface area (Å²) in [5.41, 5.74) is 6.39. The van der Waals surface area contributed by atoms with Crippen molar-refractivity contribution in [3.8, 4) is 0 Å². The van der Waals surface area contributed by atoms with E-state index in [0.29, 0.717) is 17.8 Å². The molecule has 1 fully saturated rings. The van der Waals surface area contributed by atoms with Gasteiger partial charge in [-0.3, -0.25) is 4.79 Å². The van der Waals surface area contributed by atoms with Crippen molar-refractivity contribution < 1.29 is 4.79 Å². The average Bonchev–Trinajstić information content (AvgIpc) is 2.90. The van der Waals surface area contributed by atoms with Gasteiger partial charge in [-0.15, -0.1) is 5.10 Å². The molecule has 0 bridgehead atoms. The average molecular weight is 268 g/mol. The molecular weight excluding hydrogens is 248 g/mol. The Morgan fingerprint density at radius 1 is 1.50 bits per heavy atom. The zero-order valence-electron chi connectivity index (χ0n) is 10.7. The Labute approximate surface area is 112 Å². The summed E-state index contributed by atoms with van der Waals surface area (Å²) in [5.74, 6) is 0.0195. The van der Waals surface area contributed by atoms with E-state index in [4.69, 9.17) is 5.73 Å². The molecule has 0 atom stereocenters. The summed E-state index contributed by atoms with van der Waals surface area (Å²) in [7, 11) is 0. The van der Waals surface area contributed by atoms with E-state index in [-0.39, 0.29) is 5.91 Å². The second-order valence-corrected chi connectivity index (χ2v) is 5.47. The van der Waals surface area contributed by atoms with Crippen LogP contribution in [0.5, 0.6) is 0 Å². The number of nitrogens with zero attached hydrogens (tertiary/aromatic N) is 3. The maximum absolute atomic E-state index is 12.4. The maximum Gasteiger partial charge on any atom is 0.275 e. The van der Waals surface area contributed by atoms with Crippen LogP contribution in [0.4, 0.5) is 0 Å². The van der Waals surface area contributed by atoms with Crippen molar-refractivity contribution in [1.82, 2.24) is 14.5 Å². The van der Waals surface area contributed by atoms with Crippen molar-refractivity contribution in [1.29, 1.82) is 0 Å². The van der Waals surface area contributed by atoms with E-state index in [1.165, 1.54) is 11.5 Å². The summed E-state index contributed by atoms with van der Waals surface area (Å²) in [5, 5.41) is 5.60. The summed E-state index contributed by atoms with van der Waals surface area (Å²) < 4.78 is 3.77. The zero-order chi connectivity index (χ0) is 13.0. The van der Waals surface area contributed by atoms with Gasteiger partial charge < -0.3 is 10.6 Å². The normalized spacial score (nSPS) is 23.9. The first-order valence-electron chi connectivity index (χ1n) is 6.56. The largest absolute Gasteiger partial charge is 0.334 e. The van der Waals surface area contributed by atoms with Gasteiger partial charge in [0.1, 0.15) is 0 Å². The topological polar surface area (TPSA) is 72.1 Å². The smallest absolute Gasteiger partial charge is 0.275 e. The van der Waals surface area contributed by atoms with Crippen LogP contribution < -0.4 is 5.73 Å². The number of aromatic nitrogens is 2. The number of hydrogen-bond donors (Lipinski definition) is 1. The molecule has 1 aliphatic carbocycles. The number of amides is 1. The van der Waals surface area contributed by atoms with Crippen molar-refractivity contribution in [3.63, 3.8) is 0 Å². The van der Waals surface area contributed by atoms with Gasteiger partial charge in [0, 0.05) is 24.0 Å². The highest BCUT2D eigenvalue weighted by atomic mass is 32.1. The van der Waals surface area contributed by atoms with E-state index in [9.17, 15) is 4.79 Å². The Morgan fingerprint density at radius 3 is 2.78 bits per heavy atom. The lowest BCUT2D eigenvalue weighted by atomic mass is 9.90. The van der Waals surface area contributed by atoms with Gasteiger partial charge in [0.2, 0.25) is 0 Å². The van der Waals surface area contributed by atoms with Crippen molar-refractivity contribution in [2.75, 3.05) is 6.54 Å². The molecule has 6 heteroatoms. The fraction of sp³-hybridized carbons (Fsp3) is 0.750. The lowest BCUT2D eigenvalue weighted by molar-refractivity contribution is 0.0620. The minimum atomic E-state index is 0.0195. The third-order valence-electron chi connectivity index (χ3n) is 3.49. The maximum atomic E-state index is 12.4. The summed E-state index contributed by atoms with van der Waals surface area (Å²) >= 11 is 1.22. The van der Waals surface area contributed by atoms with Crippen molar-refractivity contribution in [2.45, 2.75) is 51.1 Å². The highest BCUT2D eigenvalue weighted by Crippen LogP contribution is 2.23. The standard InChI is InChI=1S/C12H20N4OS/c1-2-7-16(10-5-3-9(13)4-6-10)12(17)11-8-18-15-14-11/h8-10H,2-7,13H2,1H3. The number of carbonyl (C=O) groups is 1. The molecule has 0 aromatic carbocycles. The van der Waals surface area contributed by atoms with Crippen LogP contribution in [0.15, 0.2) is 5.38 Å². The Kier molecular flexibility index (Phi) is 4.66. The lowest BCUT2D eigenvalue weighted by Crippen LogP contribution is -2.44. The highest BCUT2D eigenvalue weighted by molar-refractivity contribution is 7.03. The van der Waals surface area contributed by atoms with E-state index in [1.807, 2.05) is 4.90 Å². The van der Waals surface area contributed by atoms with Gasteiger partial charge in [0.05, 0.1) is 0 Å². The van der Waals surface area contributed by atoms with Crippen LogP contribution >= 0.6 is 11.5 Å². The van der Waals surface area contributed by atoms with Crippen LogP contribution in [0.2, 0.25) is 0 Å². The van der Waals surface area contributed by atoms with Gasteiger partial charge >= 0.3 is 0 Å². The van der Waals surface area contributed by atoms with Gasteiger partial charge in [-0.2, -0.15) is 0 Å². The highest BCUT2D eigenvalue weighted by Gasteiger charge is 2.28. The fourth-order valence-corrected chi connectivity index (χ4v) is 2.94. The Bertz CT molecular complexity index is 373. The van der Waals surface area contributed by atoms with Crippen LogP contribution in [0, 0.1) is 0 Å². The van der Waals surface area contributed by atoms with Crippen molar-refractivity contribution in [3.05, 3.63) is 11.1 Å². The molecule has 0 unspecified atom stereocenters. The molecule has 18 heavy (non-hydrogen) atoms. The fourth-order valence-electron chi connectivity index (χ4n) is 2.51. The third-order valence-corrected chi connectivity index (χ3v) is 3.99. The molecule has 1 aliphatic rings. The molecule has 1 aromatic heterocycles. The van der Waals surface area contributed by atoms with Crippen LogP contribution in [-0.2, 0) is 0 Å². The zero-order valence-corrected chi connectivity index (χ0v) is 11.5. The minimum Gasteiger partial charge on any atom is -0.334 e. The van der Waals surface area contributed by atoms with Crippen LogP contribution in [0.3, 0.4) is 0 Å². The van der Waals surface area contributed by atoms with Gasteiger partial charge in [-0.25, -0.2) is 0 Å². The molecule has 0 aliphatic heterocycles. The van der Waals surface area contributed by atoms with Gasteiger partial charge in [-0.1, -0.05) is 11.4 Å². The first-order chi connectivity index (χ1) is 8.72. The lowest BCUT2D eigenvalue weighted by Gasteiger charge is -2.35. The molecule has 2 N–H and O–H groups in total. The number of rotatable bonds is 4. The number of carbonyl (C=O) groups excluding carboxylic acids is 1. The summed E-state index contributed by atoms with van der Waals surface area (Å²) in [6.07, 6.45) is 4.99. The summed E-state index contributed by atoms with van der Waals surface area (Å²) in [4.78, 5) is 14.3. The van der Waals surface area contributed by atoms with E-state index in [1.54, 1.807) is 5.38 Å². The third kappa shape index (κ3) is 3.05. The molecule has 1 heterocycles. The number of nitrogens with two attached hydrogens (primary N) is 1. The van der Waals surface area contributed by atoms with Crippen molar-refractivity contribution in [2.24, 2.45) is 5.73 Å². The molecule has 0 saturated heterocycles. The molecule has 5 nitrogen and oxygen atoms in total. The Balaban J connectivity index is 2.05. The van der Waals surface area contributed by atoms with Gasteiger partial charge in [-0.05, 0) is 43.6 Å². The summed E-state index contributed by atoms with van der Waals surface area (Å²) in [6.45, 7) is 2.88. The quantitative estimate of drug-likeness (QED) is 0.901. The molecule has 1 amide bonds. The molecule has 1 aromatic rings. The predicted molar refractivity (Wildman–Crippen MR) is 71.5 cm³/mol. The van der Waals surface area contributed by atoms with Crippen LogP contribution in [0.1, 0.15) is 49.5 Å². The van der Waals surface area contributed by atoms with E-state index >= 15 is 0 Å². The van der Waals surface area contributed by atoms with E-state index in [2.05, 4.69) is 16.5 Å². The SMILES string of the molecule is CCCN(C(=O)c1csnn1)C1CCC(N)CC1. The first kappa shape index (κ1) is 13.4. The predicted octanol–water partition coefficient (Wildman–Crippen LogP) is 1.66. The molecule has 2 rings (SSSR count). The monoisotopic (exact) mass is 268 g/mol. The van der Waals surface area contributed by atoms with Gasteiger partial charge in [0.15, 0.2) is 5.69 Å². The molecule has 0 spiro atoms. The van der Waals surface area contributed by atoms with Crippen LogP contribution in [0.25, 0.3) is 0 Å². The van der Waals surface area contributed by atoms with Crippen LogP contribution in [-0.4, -0.2) is 39.0 Å². The summed E-state index contributed by atoms with van der Waals surface area (Å²) in [6, 6.07) is 0.625. The van der Waals surface area contributed by atoms with Crippen molar-refractivity contribution >= 4 is 17.4 Å². The molecule has 0 radical (unpaired) electrons. The second kappa shape index (κ2) is 6.24. The first-order valence-corrected chi connectivity index (χ1v) is 7.39.